The van der Waals surface area contributed by atoms with E-state index in [4.69, 9.17) is 14.3 Å². The predicted molar refractivity (Wildman–Crippen MR) is 159 cm³/mol. The zero-order valence-electron chi connectivity index (χ0n) is 23.9. The summed E-state index contributed by atoms with van der Waals surface area (Å²) in [5.74, 6) is -1.19. The van der Waals surface area contributed by atoms with Crippen LogP contribution in [-0.4, -0.2) is 17.4 Å². The number of benzene rings is 3. The van der Waals surface area contributed by atoms with Gasteiger partial charge >= 0.3 is 6.18 Å². The molecule has 0 fully saturated rings. The monoisotopic (exact) mass is 640 g/mol. The number of hydrogen-bond acceptors (Lipinski definition) is 6. The first-order valence-electron chi connectivity index (χ1n) is 13.7. The second kappa shape index (κ2) is 12.1. The number of hydroxylamine groups is 1. The van der Waals surface area contributed by atoms with Crippen LogP contribution in [0.15, 0.2) is 88.9 Å². The Balaban J connectivity index is 1.56. The molecule has 0 spiro atoms. The summed E-state index contributed by atoms with van der Waals surface area (Å²) in [7, 11) is 1.42. The number of nitrogens with zero attached hydrogens (tertiary/aromatic N) is 1. The van der Waals surface area contributed by atoms with E-state index in [1.54, 1.807) is 6.92 Å². The molecule has 232 valence electrons. The van der Waals surface area contributed by atoms with E-state index in [1.165, 1.54) is 54.0 Å². The van der Waals surface area contributed by atoms with E-state index in [9.17, 15) is 22.4 Å². The third-order valence-corrected chi connectivity index (χ3v) is 8.70. The molecule has 1 N–H and O–H groups in total. The minimum atomic E-state index is -4.81. The molecule has 0 aliphatic carbocycles. The van der Waals surface area contributed by atoms with Crippen LogP contribution in [0.1, 0.15) is 45.2 Å². The molecule has 1 atom stereocenters. The van der Waals surface area contributed by atoms with Crippen molar-refractivity contribution in [2.45, 2.75) is 30.8 Å². The fraction of sp³-hybridized carbons (Fsp3) is 0.182. The van der Waals surface area contributed by atoms with Crippen LogP contribution >= 0.6 is 11.8 Å². The SMILES string of the molecule is CONC(=C1CSc2c(Cc3c(F)cccc3C(F)(F)F)c(C)c(C3=COC(c4ccc(F)cc4)O3)c(=O)n21)c1ccccc1. The van der Waals surface area contributed by atoms with Crippen molar-refractivity contribution in [1.82, 2.24) is 10.0 Å². The summed E-state index contributed by atoms with van der Waals surface area (Å²) in [6, 6.07) is 17.3. The van der Waals surface area contributed by atoms with Gasteiger partial charge in [0.25, 0.3) is 11.8 Å². The van der Waals surface area contributed by atoms with Crippen LogP contribution in [0.4, 0.5) is 22.0 Å². The van der Waals surface area contributed by atoms with Crippen molar-refractivity contribution >= 4 is 28.9 Å². The maximum atomic E-state index is 15.1. The number of halogens is 5. The molecule has 1 unspecified atom stereocenters. The van der Waals surface area contributed by atoms with Gasteiger partial charge in [0, 0.05) is 28.9 Å². The van der Waals surface area contributed by atoms with Crippen LogP contribution in [0.2, 0.25) is 0 Å². The number of aromatic nitrogens is 1. The van der Waals surface area contributed by atoms with Gasteiger partial charge in [-0.3, -0.25) is 19.7 Å². The lowest BCUT2D eigenvalue weighted by molar-refractivity contribution is -0.138. The minimum absolute atomic E-state index is 0.0326. The Kier molecular flexibility index (Phi) is 8.19. The Morgan fingerprint density at radius 2 is 1.76 bits per heavy atom. The van der Waals surface area contributed by atoms with Gasteiger partial charge in [0.1, 0.15) is 17.9 Å². The van der Waals surface area contributed by atoms with E-state index in [2.05, 4.69) is 5.48 Å². The van der Waals surface area contributed by atoms with E-state index in [-0.39, 0.29) is 17.1 Å². The number of pyridine rings is 1. The van der Waals surface area contributed by atoms with Crippen LogP contribution in [0, 0.1) is 18.6 Å². The van der Waals surface area contributed by atoms with Gasteiger partial charge in [0.2, 0.25) is 0 Å². The molecule has 2 aliphatic rings. The van der Waals surface area contributed by atoms with Crippen molar-refractivity contribution in [2.75, 3.05) is 12.9 Å². The molecule has 4 aromatic rings. The lowest BCUT2D eigenvalue weighted by atomic mass is 9.94. The number of ether oxygens (including phenoxy) is 2. The Morgan fingerprint density at radius 3 is 2.44 bits per heavy atom. The van der Waals surface area contributed by atoms with Crippen molar-refractivity contribution < 1.29 is 36.3 Å². The number of fused-ring (bicyclic) bond motifs is 1. The largest absolute Gasteiger partial charge is 0.454 e. The molecular formula is C33H25F5N2O4S. The highest BCUT2D eigenvalue weighted by Crippen LogP contribution is 2.43. The van der Waals surface area contributed by atoms with Crippen molar-refractivity contribution in [2.24, 2.45) is 0 Å². The Morgan fingerprint density at radius 1 is 1.02 bits per heavy atom. The second-order valence-corrected chi connectivity index (χ2v) is 11.2. The first-order chi connectivity index (χ1) is 21.6. The van der Waals surface area contributed by atoms with E-state index >= 15 is 4.39 Å². The number of rotatable bonds is 7. The number of nitrogens with one attached hydrogen (secondary N) is 1. The first kappa shape index (κ1) is 30.5. The minimum Gasteiger partial charge on any atom is -0.454 e. The fourth-order valence-electron chi connectivity index (χ4n) is 5.44. The molecule has 45 heavy (non-hydrogen) atoms. The van der Waals surface area contributed by atoms with E-state index < -0.39 is 47.2 Å². The summed E-state index contributed by atoms with van der Waals surface area (Å²) in [6.45, 7) is 1.59. The van der Waals surface area contributed by atoms with Crippen LogP contribution in [0.5, 0.6) is 0 Å². The quantitative estimate of drug-likeness (QED) is 0.165. The van der Waals surface area contributed by atoms with Gasteiger partial charge in [-0.25, -0.2) is 8.78 Å². The van der Waals surface area contributed by atoms with Gasteiger partial charge < -0.3 is 9.47 Å². The molecule has 0 amide bonds. The van der Waals surface area contributed by atoms with Crippen LogP contribution in [0.3, 0.4) is 0 Å². The van der Waals surface area contributed by atoms with Crippen molar-refractivity contribution in [1.29, 1.82) is 0 Å². The summed E-state index contributed by atoms with van der Waals surface area (Å²) in [4.78, 5) is 19.6. The highest BCUT2D eigenvalue weighted by Gasteiger charge is 2.37. The van der Waals surface area contributed by atoms with Gasteiger partial charge in [-0.2, -0.15) is 13.2 Å². The molecule has 2 aliphatic heterocycles. The van der Waals surface area contributed by atoms with Crippen molar-refractivity contribution in [3.63, 3.8) is 0 Å². The van der Waals surface area contributed by atoms with Crippen LogP contribution in [0.25, 0.3) is 17.2 Å². The topological polar surface area (TPSA) is 61.7 Å². The zero-order chi connectivity index (χ0) is 31.9. The molecule has 12 heteroatoms. The van der Waals surface area contributed by atoms with Crippen molar-refractivity contribution in [3.8, 4) is 0 Å². The average molecular weight is 641 g/mol. The maximum absolute atomic E-state index is 15.1. The third kappa shape index (κ3) is 5.71. The maximum Gasteiger partial charge on any atom is 0.416 e. The Hall–Kier alpha value is -4.55. The molecular weight excluding hydrogens is 615 g/mol. The summed E-state index contributed by atoms with van der Waals surface area (Å²) in [5.41, 5.74) is 3.48. The number of hydrogen-bond donors (Lipinski definition) is 1. The van der Waals surface area contributed by atoms with E-state index in [0.29, 0.717) is 38.7 Å². The van der Waals surface area contributed by atoms with Crippen molar-refractivity contribution in [3.05, 3.63) is 140 Å². The molecule has 0 saturated heterocycles. The smallest absolute Gasteiger partial charge is 0.416 e. The number of thioether (sulfide) groups is 1. The molecule has 0 bridgehead atoms. The number of alkyl halides is 3. The van der Waals surface area contributed by atoms with E-state index in [1.807, 2.05) is 30.3 Å². The van der Waals surface area contributed by atoms with Gasteiger partial charge in [-0.05, 0) is 54.4 Å². The predicted octanol–water partition coefficient (Wildman–Crippen LogP) is 7.67. The normalized spacial score (nSPS) is 17.0. The molecule has 3 aromatic carbocycles. The average Bonchev–Trinajstić information content (AvgIpc) is 3.67. The standard InChI is InChI=1S/C33H25F5N2O4S/c1-18-22(15-23-24(33(36,37)38)9-6-10-25(23)35)31-40(26(17-45-31)29(39-42-2)19-7-4-3-5-8-19)30(41)28(18)27-16-43-32(44-27)20-11-13-21(34)14-12-20/h3-14,16,32,39H,15,17H2,1-2H3. The second-order valence-electron chi connectivity index (χ2n) is 10.3. The molecule has 0 radical (unpaired) electrons. The molecule has 6 rings (SSSR count). The Labute approximate surface area is 258 Å². The van der Waals surface area contributed by atoms with Crippen LogP contribution < -0.4 is 11.0 Å². The van der Waals surface area contributed by atoms with Gasteiger partial charge in [-0.1, -0.05) is 36.4 Å². The first-order valence-corrected chi connectivity index (χ1v) is 14.7. The highest BCUT2D eigenvalue weighted by atomic mass is 32.2. The lowest BCUT2D eigenvalue weighted by Crippen LogP contribution is -2.28. The molecule has 0 saturated carbocycles. The fourth-order valence-corrected chi connectivity index (χ4v) is 6.71. The summed E-state index contributed by atoms with van der Waals surface area (Å²) in [6.07, 6.45) is -5.01. The zero-order valence-corrected chi connectivity index (χ0v) is 24.7. The third-order valence-electron chi connectivity index (χ3n) is 7.58. The van der Waals surface area contributed by atoms with Crippen LogP contribution in [-0.2, 0) is 26.9 Å². The van der Waals surface area contributed by atoms with Gasteiger partial charge in [0.15, 0.2) is 5.76 Å². The van der Waals surface area contributed by atoms with Gasteiger partial charge in [-0.15, -0.1) is 11.8 Å². The molecule has 3 heterocycles. The highest BCUT2D eigenvalue weighted by molar-refractivity contribution is 8.00. The van der Waals surface area contributed by atoms with Gasteiger partial charge in [0.05, 0.1) is 34.7 Å². The van der Waals surface area contributed by atoms with E-state index in [0.717, 1.165) is 18.2 Å². The summed E-state index contributed by atoms with van der Waals surface area (Å²) < 4.78 is 83.9. The molecule has 1 aromatic heterocycles. The molecule has 6 nitrogen and oxygen atoms in total. The lowest BCUT2D eigenvalue weighted by Gasteiger charge is -2.21. The summed E-state index contributed by atoms with van der Waals surface area (Å²) in [5, 5.41) is 0.369. The Bertz CT molecular complexity index is 1890. The summed E-state index contributed by atoms with van der Waals surface area (Å²) >= 11 is 1.25.